The van der Waals surface area contributed by atoms with E-state index in [-0.39, 0.29) is 11.9 Å². The van der Waals surface area contributed by atoms with Crippen LogP contribution in [0.3, 0.4) is 0 Å². The Kier molecular flexibility index (Phi) is 4.95. The molecule has 5 heteroatoms. The quantitative estimate of drug-likeness (QED) is 0.922. The van der Waals surface area contributed by atoms with Crippen LogP contribution in [0.2, 0.25) is 0 Å². The predicted octanol–water partition coefficient (Wildman–Crippen LogP) is 3.24. The Morgan fingerprint density at radius 1 is 1.35 bits per heavy atom. The predicted molar refractivity (Wildman–Crippen MR) is 88.2 cm³/mol. The van der Waals surface area contributed by atoms with Gasteiger partial charge in [0.05, 0.1) is 31.0 Å². The van der Waals surface area contributed by atoms with Crippen LogP contribution in [0.15, 0.2) is 36.5 Å². The minimum Gasteiger partial charge on any atom is -0.493 e. The first-order chi connectivity index (χ1) is 11.3. The molecule has 1 amide bonds. The molecule has 0 radical (unpaired) electrons. The second-order valence-corrected chi connectivity index (χ2v) is 5.98. The number of likely N-dealkylation sites (tertiary alicyclic amines) is 1. The van der Waals surface area contributed by atoms with Gasteiger partial charge in [0, 0.05) is 6.54 Å². The van der Waals surface area contributed by atoms with Crippen LogP contribution < -0.4 is 4.74 Å². The fourth-order valence-electron chi connectivity index (χ4n) is 3.14. The Morgan fingerprint density at radius 2 is 2.17 bits per heavy atom. The number of aromatic amines is 1. The van der Waals surface area contributed by atoms with Gasteiger partial charge in [-0.2, -0.15) is 5.10 Å². The van der Waals surface area contributed by atoms with Crippen molar-refractivity contribution in [2.75, 3.05) is 13.2 Å². The number of rotatable bonds is 5. The molecule has 1 fully saturated rings. The van der Waals surface area contributed by atoms with E-state index in [1.165, 1.54) is 0 Å². The zero-order valence-corrected chi connectivity index (χ0v) is 13.5. The number of nitrogens with zero attached hydrogens (tertiary/aromatic N) is 2. The number of piperidine rings is 1. The summed E-state index contributed by atoms with van der Waals surface area (Å²) in [5.74, 6) is 0.958. The van der Waals surface area contributed by atoms with E-state index in [1.54, 1.807) is 0 Å². The average molecular weight is 313 g/mol. The molecule has 1 N–H and O–H groups in total. The normalized spacial score (nSPS) is 18.0. The molecule has 0 bridgehead atoms. The summed E-state index contributed by atoms with van der Waals surface area (Å²) < 4.78 is 5.65. The van der Waals surface area contributed by atoms with E-state index in [0.29, 0.717) is 13.0 Å². The van der Waals surface area contributed by atoms with Crippen molar-refractivity contribution < 1.29 is 9.53 Å². The molecule has 5 nitrogen and oxygen atoms in total. The van der Waals surface area contributed by atoms with Gasteiger partial charge in [-0.3, -0.25) is 9.89 Å². The molecule has 0 aliphatic carbocycles. The van der Waals surface area contributed by atoms with E-state index in [2.05, 4.69) is 10.2 Å². The molecule has 23 heavy (non-hydrogen) atoms. The molecule has 1 unspecified atom stereocenters. The second-order valence-electron chi connectivity index (χ2n) is 5.98. The van der Waals surface area contributed by atoms with Gasteiger partial charge in [0.15, 0.2) is 0 Å². The van der Waals surface area contributed by atoms with Gasteiger partial charge in [-0.25, -0.2) is 0 Å². The summed E-state index contributed by atoms with van der Waals surface area (Å²) in [5.41, 5.74) is 2.19. The number of aromatic nitrogens is 2. The SMILES string of the molecule is Cc1cn[nH]c1C1CCCCN1C(=O)CCOc1ccccc1. The highest BCUT2D eigenvalue weighted by Gasteiger charge is 2.29. The number of hydrogen-bond acceptors (Lipinski definition) is 3. The highest BCUT2D eigenvalue weighted by Crippen LogP contribution is 2.31. The van der Waals surface area contributed by atoms with Gasteiger partial charge in [0.2, 0.25) is 5.91 Å². The molecule has 1 saturated heterocycles. The van der Waals surface area contributed by atoms with Crippen LogP contribution in [-0.2, 0) is 4.79 Å². The molecule has 1 aliphatic rings. The van der Waals surface area contributed by atoms with E-state index in [1.807, 2.05) is 48.4 Å². The van der Waals surface area contributed by atoms with Gasteiger partial charge < -0.3 is 9.64 Å². The van der Waals surface area contributed by atoms with Crippen molar-refractivity contribution in [1.82, 2.24) is 15.1 Å². The number of carbonyl (C=O) groups is 1. The molecule has 1 aliphatic heterocycles. The van der Waals surface area contributed by atoms with Gasteiger partial charge in [0.1, 0.15) is 5.75 Å². The number of carbonyl (C=O) groups excluding carboxylic acids is 1. The molecule has 0 saturated carbocycles. The van der Waals surface area contributed by atoms with Crippen LogP contribution in [-0.4, -0.2) is 34.2 Å². The van der Waals surface area contributed by atoms with Crippen molar-refractivity contribution in [3.05, 3.63) is 47.8 Å². The number of aryl methyl sites for hydroxylation is 1. The first kappa shape index (κ1) is 15.6. The van der Waals surface area contributed by atoms with Crippen LogP contribution in [0.25, 0.3) is 0 Å². The molecular weight excluding hydrogens is 290 g/mol. The topological polar surface area (TPSA) is 58.2 Å². The summed E-state index contributed by atoms with van der Waals surface area (Å²) in [4.78, 5) is 14.6. The summed E-state index contributed by atoms with van der Waals surface area (Å²) in [6.07, 6.45) is 5.43. The summed E-state index contributed by atoms with van der Waals surface area (Å²) in [6.45, 7) is 3.26. The maximum Gasteiger partial charge on any atom is 0.226 e. The first-order valence-corrected chi connectivity index (χ1v) is 8.23. The number of hydrogen-bond donors (Lipinski definition) is 1. The maximum atomic E-state index is 12.6. The lowest BCUT2D eigenvalue weighted by atomic mass is 9.97. The summed E-state index contributed by atoms with van der Waals surface area (Å²) in [7, 11) is 0. The fourth-order valence-corrected chi connectivity index (χ4v) is 3.14. The zero-order chi connectivity index (χ0) is 16.1. The number of benzene rings is 1. The number of ether oxygens (including phenoxy) is 1. The van der Waals surface area contributed by atoms with Crippen LogP contribution in [0, 0.1) is 6.92 Å². The van der Waals surface area contributed by atoms with Gasteiger partial charge in [-0.05, 0) is 43.9 Å². The molecule has 1 aromatic heterocycles. The van der Waals surface area contributed by atoms with E-state index < -0.39 is 0 Å². The minimum absolute atomic E-state index is 0.121. The Balaban J connectivity index is 1.59. The van der Waals surface area contributed by atoms with Gasteiger partial charge in [-0.15, -0.1) is 0 Å². The van der Waals surface area contributed by atoms with Crippen molar-refractivity contribution in [1.29, 1.82) is 0 Å². The van der Waals surface area contributed by atoms with Gasteiger partial charge >= 0.3 is 0 Å². The minimum atomic E-state index is 0.121. The van der Waals surface area contributed by atoms with Crippen molar-refractivity contribution in [2.45, 2.75) is 38.6 Å². The van der Waals surface area contributed by atoms with Crippen molar-refractivity contribution in [3.8, 4) is 5.75 Å². The molecular formula is C18H23N3O2. The lowest BCUT2D eigenvalue weighted by Crippen LogP contribution is -2.39. The smallest absolute Gasteiger partial charge is 0.226 e. The van der Waals surface area contributed by atoms with Crippen molar-refractivity contribution in [3.63, 3.8) is 0 Å². The standard InChI is InChI=1S/C18H23N3O2/c1-14-13-19-20-18(14)16-9-5-6-11-21(16)17(22)10-12-23-15-7-3-2-4-8-15/h2-4,7-8,13,16H,5-6,9-12H2,1H3,(H,19,20). The van der Waals surface area contributed by atoms with E-state index in [0.717, 1.165) is 42.8 Å². The van der Waals surface area contributed by atoms with Gasteiger partial charge in [0.25, 0.3) is 0 Å². The maximum absolute atomic E-state index is 12.6. The third-order valence-corrected chi connectivity index (χ3v) is 4.35. The molecule has 2 aromatic rings. The average Bonchev–Trinajstić information content (AvgIpc) is 3.01. The highest BCUT2D eigenvalue weighted by atomic mass is 16.5. The van der Waals surface area contributed by atoms with Crippen molar-refractivity contribution in [2.24, 2.45) is 0 Å². The number of nitrogens with one attached hydrogen (secondary N) is 1. The summed E-state index contributed by atoms with van der Waals surface area (Å²) >= 11 is 0. The molecule has 3 rings (SSSR count). The first-order valence-electron chi connectivity index (χ1n) is 8.23. The Morgan fingerprint density at radius 3 is 2.91 bits per heavy atom. The molecule has 0 spiro atoms. The molecule has 1 atom stereocenters. The highest BCUT2D eigenvalue weighted by molar-refractivity contribution is 5.77. The van der Waals surface area contributed by atoms with Crippen LogP contribution in [0.4, 0.5) is 0 Å². The fraction of sp³-hybridized carbons (Fsp3) is 0.444. The summed E-state index contributed by atoms with van der Waals surface area (Å²) in [5, 5.41) is 7.17. The lowest BCUT2D eigenvalue weighted by Gasteiger charge is -2.35. The number of H-pyrrole nitrogens is 1. The zero-order valence-electron chi connectivity index (χ0n) is 13.5. The third-order valence-electron chi connectivity index (χ3n) is 4.35. The Labute approximate surface area is 136 Å². The summed E-state index contributed by atoms with van der Waals surface area (Å²) in [6, 6.07) is 9.74. The largest absolute Gasteiger partial charge is 0.493 e. The molecule has 1 aromatic carbocycles. The lowest BCUT2D eigenvalue weighted by molar-refractivity contribution is -0.135. The number of para-hydroxylation sites is 1. The van der Waals surface area contributed by atoms with Gasteiger partial charge in [-0.1, -0.05) is 18.2 Å². The monoisotopic (exact) mass is 313 g/mol. The second kappa shape index (κ2) is 7.31. The Hall–Kier alpha value is -2.30. The van der Waals surface area contributed by atoms with E-state index in [4.69, 9.17) is 4.74 Å². The Bertz CT molecular complexity index is 639. The molecule has 122 valence electrons. The molecule has 2 heterocycles. The van der Waals surface area contributed by atoms with E-state index >= 15 is 0 Å². The van der Waals surface area contributed by atoms with E-state index in [9.17, 15) is 4.79 Å². The third kappa shape index (κ3) is 3.73. The van der Waals surface area contributed by atoms with Crippen LogP contribution in [0.1, 0.15) is 43.0 Å². The van der Waals surface area contributed by atoms with Crippen LogP contribution >= 0.6 is 0 Å². The van der Waals surface area contributed by atoms with Crippen molar-refractivity contribution >= 4 is 5.91 Å². The number of amides is 1. The van der Waals surface area contributed by atoms with Crippen LogP contribution in [0.5, 0.6) is 5.75 Å².